The first-order chi connectivity index (χ1) is 6.68. The summed E-state index contributed by atoms with van der Waals surface area (Å²) in [7, 11) is 0. The van der Waals surface area contributed by atoms with Crippen molar-refractivity contribution in [2.75, 3.05) is 11.9 Å². The molecule has 1 aromatic rings. The van der Waals surface area contributed by atoms with Gasteiger partial charge in [-0.2, -0.15) is 0 Å². The van der Waals surface area contributed by atoms with Crippen LogP contribution < -0.4 is 14.5 Å². The van der Waals surface area contributed by atoms with Crippen molar-refractivity contribution in [3.05, 3.63) is 18.2 Å². The second-order valence-electron chi connectivity index (χ2n) is 3.48. The summed E-state index contributed by atoms with van der Waals surface area (Å²) in [6.07, 6.45) is 0. The highest BCUT2D eigenvalue weighted by Gasteiger charge is 2.16. The third kappa shape index (κ3) is 1.48. The molecular formula is C10H13NO3. The smallest absolute Gasteiger partial charge is 0.231 e. The number of ether oxygens (including phenoxy) is 2. The fourth-order valence-electron chi connectivity index (χ4n) is 1.33. The zero-order valence-electron chi connectivity index (χ0n) is 8.23. The Labute approximate surface area is 82.6 Å². The van der Waals surface area contributed by atoms with Crippen molar-refractivity contribution in [1.29, 1.82) is 0 Å². The molecule has 0 saturated carbocycles. The molecule has 0 unspecified atom stereocenters. The molecule has 0 radical (unpaired) electrons. The van der Waals surface area contributed by atoms with Gasteiger partial charge in [-0.3, -0.25) is 10.3 Å². The molecular weight excluding hydrogens is 182 g/mol. The van der Waals surface area contributed by atoms with Crippen molar-refractivity contribution in [2.45, 2.75) is 19.9 Å². The number of anilines is 1. The molecule has 0 amide bonds. The number of rotatable bonds is 2. The molecule has 1 aliphatic rings. The highest BCUT2D eigenvalue weighted by atomic mass is 16.7. The number of benzene rings is 1. The van der Waals surface area contributed by atoms with Gasteiger partial charge in [0.2, 0.25) is 6.79 Å². The SMILES string of the molecule is CC(C)N(O)c1ccc2c(c1)OCO2. The van der Waals surface area contributed by atoms with Crippen LogP contribution in [-0.2, 0) is 0 Å². The minimum Gasteiger partial charge on any atom is -0.454 e. The third-order valence-electron chi connectivity index (χ3n) is 2.11. The Balaban J connectivity index is 2.28. The Hall–Kier alpha value is -1.42. The van der Waals surface area contributed by atoms with E-state index in [0.717, 1.165) is 5.75 Å². The van der Waals surface area contributed by atoms with Crippen molar-refractivity contribution in [2.24, 2.45) is 0 Å². The number of nitrogens with zero attached hydrogens (tertiary/aromatic N) is 1. The first-order valence-electron chi connectivity index (χ1n) is 4.56. The van der Waals surface area contributed by atoms with E-state index in [1.165, 1.54) is 5.06 Å². The maximum Gasteiger partial charge on any atom is 0.231 e. The van der Waals surface area contributed by atoms with Crippen LogP contribution in [0.2, 0.25) is 0 Å². The zero-order chi connectivity index (χ0) is 10.1. The lowest BCUT2D eigenvalue weighted by Crippen LogP contribution is -2.26. The molecule has 0 fully saturated rings. The van der Waals surface area contributed by atoms with Gasteiger partial charge in [0, 0.05) is 6.07 Å². The van der Waals surface area contributed by atoms with Crippen LogP contribution in [0.25, 0.3) is 0 Å². The summed E-state index contributed by atoms with van der Waals surface area (Å²) in [4.78, 5) is 0. The molecule has 0 bridgehead atoms. The Morgan fingerprint density at radius 1 is 1.29 bits per heavy atom. The lowest BCUT2D eigenvalue weighted by atomic mass is 10.2. The Morgan fingerprint density at radius 3 is 2.71 bits per heavy atom. The quantitative estimate of drug-likeness (QED) is 0.733. The summed E-state index contributed by atoms with van der Waals surface area (Å²) in [5.41, 5.74) is 0.712. The molecule has 2 rings (SSSR count). The summed E-state index contributed by atoms with van der Waals surface area (Å²) in [6.45, 7) is 4.07. The van der Waals surface area contributed by atoms with Crippen LogP contribution >= 0.6 is 0 Å². The van der Waals surface area contributed by atoms with Crippen molar-refractivity contribution in [3.63, 3.8) is 0 Å². The highest BCUT2D eigenvalue weighted by Crippen LogP contribution is 2.35. The molecule has 0 saturated heterocycles. The van der Waals surface area contributed by atoms with Crippen LogP contribution in [0.1, 0.15) is 13.8 Å². The fraction of sp³-hybridized carbons (Fsp3) is 0.400. The summed E-state index contributed by atoms with van der Waals surface area (Å²) in [6, 6.07) is 5.40. The maximum atomic E-state index is 9.67. The highest BCUT2D eigenvalue weighted by molar-refractivity contribution is 5.56. The molecule has 14 heavy (non-hydrogen) atoms. The van der Waals surface area contributed by atoms with Crippen LogP contribution in [0.15, 0.2) is 18.2 Å². The minimum absolute atomic E-state index is 0.0374. The van der Waals surface area contributed by atoms with Crippen LogP contribution in [0.3, 0.4) is 0 Å². The number of fused-ring (bicyclic) bond motifs is 1. The normalized spacial score (nSPS) is 13.4. The molecule has 1 heterocycles. The molecule has 0 aliphatic carbocycles. The largest absolute Gasteiger partial charge is 0.454 e. The number of hydrogen-bond donors (Lipinski definition) is 1. The van der Waals surface area contributed by atoms with Gasteiger partial charge in [-0.05, 0) is 26.0 Å². The van der Waals surface area contributed by atoms with Crippen LogP contribution in [0.4, 0.5) is 5.69 Å². The average molecular weight is 195 g/mol. The van der Waals surface area contributed by atoms with Crippen LogP contribution in [-0.4, -0.2) is 18.0 Å². The van der Waals surface area contributed by atoms with E-state index in [2.05, 4.69) is 0 Å². The van der Waals surface area contributed by atoms with Gasteiger partial charge in [-0.25, -0.2) is 0 Å². The molecule has 0 spiro atoms. The average Bonchev–Trinajstić information content (AvgIpc) is 2.62. The van der Waals surface area contributed by atoms with Gasteiger partial charge < -0.3 is 9.47 Å². The number of hydroxylamine groups is 1. The molecule has 76 valence electrons. The second kappa shape index (κ2) is 3.38. The maximum absolute atomic E-state index is 9.67. The van der Waals surface area contributed by atoms with E-state index in [1.54, 1.807) is 18.2 Å². The monoisotopic (exact) mass is 195 g/mol. The van der Waals surface area contributed by atoms with Crippen molar-refractivity contribution in [1.82, 2.24) is 0 Å². The van der Waals surface area contributed by atoms with Crippen molar-refractivity contribution < 1.29 is 14.7 Å². The Kier molecular flexibility index (Phi) is 2.21. The van der Waals surface area contributed by atoms with E-state index in [-0.39, 0.29) is 12.8 Å². The molecule has 0 aromatic heterocycles. The zero-order valence-corrected chi connectivity index (χ0v) is 8.23. The second-order valence-corrected chi connectivity index (χ2v) is 3.48. The van der Waals surface area contributed by atoms with Gasteiger partial charge in [0.05, 0.1) is 11.7 Å². The summed E-state index contributed by atoms with van der Waals surface area (Å²) < 4.78 is 10.4. The minimum atomic E-state index is 0.0374. The lowest BCUT2D eigenvalue weighted by molar-refractivity contribution is 0.174. The summed E-state index contributed by atoms with van der Waals surface area (Å²) in [5, 5.41) is 10.9. The predicted octanol–water partition coefficient (Wildman–Crippen LogP) is 2.02. The van der Waals surface area contributed by atoms with Gasteiger partial charge in [-0.15, -0.1) is 0 Å². The van der Waals surface area contributed by atoms with Gasteiger partial charge >= 0.3 is 0 Å². The first kappa shape index (κ1) is 9.15. The Morgan fingerprint density at radius 2 is 2.00 bits per heavy atom. The van der Waals surface area contributed by atoms with Crippen molar-refractivity contribution >= 4 is 5.69 Å². The van der Waals surface area contributed by atoms with Crippen LogP contribution in [0.5, 0.6) is 11.5 Å². The van der Waals surface area contributed by atoms with Gasteiger partial charge in [0.15, 0.2) is 11.5 Å². The van der Waals surface area contributed by atoms with Gasteiger partial charge in [0.25, 0.3) is 0 Å². The summed E-state index contributed by atoms with van der Waals surface area (Å²) >= 11 is 0. The van der Waals surface area contributed by atoms with Crippen molar-refractivity contribution in [3.8, 4) is 11.5 Å². The molecule has 1 N–H and O–H groups in total. The summed E-state index contributed by atoms with van der Waals surface area (Å²) in [5.74, 6) is 1.41. The predicted molar refractivity (Wildman–Crippen MR) is 52.0 cm³/mol. The third-order valence-corrected chi connectivity index (χ3v) is 2.11. The molecule has 0 atom stereocenters. The lowest BCUT2D eigenvalue weighted by Gasteiger charge is -2.21. The molecule has 1 aliphatic heterocycles. The van der Waals surface area contributed by atoms with E-state index in [1.807, 2.05) is 13.8 Å². The van der Waals surface area contributed by atoms with E-state index in [9.17, 15) is 5.21 Å². The Bertz CT molecular complexity index is 338. The van der Waals surface area contributed by atoms with Crippen LogP contribution in [0, 0.1) is 0 Å². The standard InChI is InChI=1S/C10H13NO3/c1-7(2)11(12)8-3-4-9-10(5-8)14-6-13-9/h3-5,7,12H,6H2,1-2H3. The first-order valence-corrected chi connectivity index (χ1v) is 4.56. The topological polar surface area (TPSA) is 41.9 Å². The fourth-order valence-corrected chi connectivity index (χ4v) is 1.33. The van der Waals surface area contributed by atoms with E-state index < -0.39 is 0 Å². The van der Waals surface area contributed by atoms with Gasteiger partial charge in [0.1, 0.15) is 0 Å². The molecule has 1 aromatic carbocycles. The van der Waals surface area contributed by atoms with E-state index in [0.29, 0.717) is 11.4 Å². The molecule has 4 heteroatoms. The van der Waals surface area contributed by atoms with Gasteiger partial charge in [-0.1, -0.05) is 0 Å². The molecule has 4 nitrogen and oxygen atoms in total. The van der Waals surface area contributed by atoms with E-state index >= 15 is 0 Å². The number of hydrogen-bond acceptors (Lipinski definition) is 4. The van der Waals surface area contributed by atoms with E-state index in [4.69, 9.17) is 9.47 Å².